The average molecular weight is 492 g/mol. The molecule has 0 aliphatic carbocycles. The number of hydrogen-bond acceptors (Lipinski definition) is 3. The first-order valence-corrected chi connectivity index (χ1v) is 9.46. The zero-order valence-electron chi connectivity index (χ0n) is 16.3. The third kappa shape index (κ3) is 7.07. The van der Waals surface area contributed by atoms with E-state index in [1.165, 1.54) is 11.3 Å². The van der Waals surface area contributed by atoms with E-state index in [-0.39, 0.29) is 24.0 Å². The molecule has 0 fully saturated rings. The summed E-state index contributed by atoms with van der Waals surface area (Å²) in [5, 5.41) is 6.71. The van der Waals surface area contributed by atoms with Crippen molar-refractivity contribution in [2.45, 2.75) is 13.0 Å². The smallest absolute Gasteiger partial charge is 0.191 e. The molecule has 1 aliphatic heterocycles. The van der Waals surface area contributed by atoms with E-state index in [2.05, 4.69) is 56.9 Å². The lowest BCUT2D eigenvalue weighted by atomic mass is 10.2. The Labute approximate surface area is 184 Å². The van der Waals surface area contributed by atoms with Gasteiger partial charge in [0.2, 0.25) is 0 Å². The second-order valence-corrected chi connectivity index (χ2v) is 6.41. The van der Waals surface area contributed by atoms with Gasteiger partial charge in [0.05, 0.1) is 6.61 Å². The summed E-state index contributed by atoms with van der Waals surface area (Å²) >= 11 is 0. The average Bonchev–Trinajstić information content (AvgIpc) is 3.26. The molecule has 0 spiro atoms. The molecule has 0 amide bonds. The van der Waals surface area contributed by atoms with E-state index in [0.717, 1.165) is 44.3 Å². The van der Waals surface area contributed by atoms with E-state index >= 15 is 0 Å². The van der Waals surface area contributed by atoms with Gasteiger partial charge in [-0.2, -0.15) is 0 Å². The highest BCUT2D eigenvalue weighted by Crippen LogP contribution is 2.18. The molecule has 5 nitrogen and oxygen atoms in total. The van der Waals surface area contributed by atoms with Crippen LogP contribution in [0.1, 0.15) is 12.0 Å². The van der Waals surface area contributed by atoms with Crippen LogP contribution in [0.5, 0.6) is 5.75 Å². The summed E-state index contributed by atoms with van der Waals surface area (Å²) in [5.41, 5.74) is 2.51. The van der Waals surface area contributed by atoms with Crippen LogP contribution < -0.4 is 20.3 Å². The predicted octanol–water partition coefficient (Wildman–Crippen LogP) is 3.81. The van der Waals surface area contributed by atoms with Crippen molar-refractivity contribution in [2.24, 2.45) is 4.99 Å². The summed E-state index contributed by atoms with van der Waals surface area (Å²) in [6.07, 6.45) is 5.32. The van der Waals surface area contributed by atoms with Crippen LogP contribution in [-0.2, 0) is 6.54 Å². The molecule has 0 saturated heterocycles. The van der Waals surface area contributed by atoms with Crippen LogP contribution in [0.4, 0.5) is 5.69 Å². The maximum atomic E-state index is 5.70. The molecule has 1 aliphatic rings. The third-order valence-electron chi connectivity index (χ3n) is 4.40. The molecule has 3 rings (SSSR count). The molecule has 0 saturated carbocycles. The second kappa shape index (κ2) is 12.3. The normalized spacial score (nSPS) is 13.2. The Balaban J connectivity index is 0.00000280. The molecule has 1 heterocycles. The number of nitrogens with zero attached hydrogens (tertiary/aromatic N) is 2. The molecule has 0 radical (unpaired) electrons. The van der Waals surface area contributed by atoms with Crippen molar-refractivity contribution in [1.29, 1.82) is 0 Å². The molecule has 2 aromatic rings. The van der Waals surface area contributed by atoms with Gasteiger partial charge in [0.15, 0.2) is 5.96 Å². The van der Waals surface area contributed by atoms with Gasteiger partial charge in [0, 0.05) is 38.9 Å². The Morgan fingerprint density at radius 1 is 1.04 bits per heavy atom. The maximum absolute atomic E-state index is 5.70. The van der Waals surface area contributed by atoms with Crippen molar-refractivity contribution >= 4 is 35.6 Å². The number of anilines is 1. The van der Waals surface area contributed by atoms with Crippen LogP contribution >= 0.6 is 24.0 Å². The Morgan fingerprint density at radius 2 is 1.82 bits per heavy atom. The molecule has 0 bridgehead atoms. The number of nitrogens with one attached hydrogen (secondary N) is 2. The van der Waals surface area contributed by atoms with Crippen molar-refractivity contribution in [3.8, 4) is 5.75 Å². The van der Waals surface area contributed by atoms with Gasteiger partial charge in [-0.3, -0.25) is 4.99 Å². The van der Waals surface area contributed by atoms with Crippen LogP contribution in [0.3, 0.4) is 0 Å². The Bertz CT molecular complexity index is 756. The van der Waals surface area contributed by atoms with E-state index < -0.39 is 0 Å². The van der Waals surface area contributed by atoms with Gasteiger partial charge in [0.25, 0.3) is 0 Å². The molecule has 150 valence electrons. The Hall–Kier alpha value is -2.22. The summed E-state index contributed by atoms with van der Waals surface area (Å²) in [7, 11) is 1.79. The lowest BCUT2D eigenvalue weighted by molar-refractivity contribution is 0.311. The molecular formula is C22H29IN4O. The molecule has 6 heteroatoms. The zero-order valence-corrected chi connectivity index (χ0v) is 18.6. The number of halogens is 1. The maximum Gasteiger partial charge on any atom is 0.191 e. The zero-order chi connectivity index (χ0) is 18.7. The largest absolute Gasteiger partial charge is 0.494 e. The Kier molecular flexibility index (Phi) is 9.68. The number of guanidine groups is 1. The first-order valence-electron chi connectivity index (χ1n) is 9.46. The third-order valence-corrected chi connectivity index (χ3v) is 4.40. The lowest BCUT2D eigenvalue weighted by Crippen LogP contribution is -2.37. The van der Waals surface area contributed by atoms with Gasteiger partial charge in [0.1, 0.15) is 5.75 Å². The highest BCUT2D eigenvalue weighted by molar-refractivity contribution is 14.0. The van der Waals surface area contributed by atoms with Crippen molar-refractivity contribution in [2.75, 3.05) is 38.2 Å². The van der Waals surface area contributed by atoms with E-state index in [9.17, 15) is 0 Å². The first-order chi connectivity index (χ1) is 13.3. The molecule has 0 unspecified atom stereocenters. The van der Waals surface area contributed by atoms with E-state index in [1.54, 1.807) is 7.05 Å². The van der Waals surface area contributed by atoms with Crippen molar-refractivity contribution in [3.05, 3.63) is 72.3 Å². The van der Waals surface area contributed by atoms with Gasteiger partial charge < -0.3 is 20.3 Å². The van der Waals surface area contributed by atoms with Gasteiger partial charge in [-0.1, -0.05) is 42.5 Å². The minimum absolute atomic E-state index is 0. The minimum atomic E-state index is 0. The summed E-state index contributed by atoms with van der Waals surface area (Å²) in [6, 6.07) is 18.5. The number of benzene rings is 2. The summed E-state index contributed by atoms with van der Waals surface area (Å²) in [6.45, 7) is 4.22. The van der Waals surface area contributed by atoms with Crippen LogP contribution in [0.2, 0.25) is 0 Å². The van der Waals surface area contributed by atoms with Gasteiger partial charge in [-0.15, -0.1) is 24.0 Å². The van der Waals surface area contributed by atoms with Crippen molar-refractivity contribution < 1.29 is 4.74 Å². The molecule has 2 N–H and O–H groups in total. The number of ether oxygens (including phenoxy) is 1. The number of rotatable bonds is 8. The monoisotopic (exact) mass is 492 g/mol. The molecular weight excluding hydrogens is 463 g/mol. The van der Waals surface area contributed by atoms with E-state index in [0.29, 0.717) is 6.61 Å². The molecule has 2 aromatic carbocycles. The fourth-order valence-corrected chi connectivity index (χ4v) is 2.94. The summed E-state index contributed by atoms with van der Waals surface area (Å²) < 4.78 is 5.70. The standard InChI is InChI=1S/C22H28N4O.HI/c1-23-22(24-13-8-16-27-21-11-3-2-4-12-21)25-18-19-9-7-10-20(17-19)26-14-5-6-15-26;/h2-7,9-12,17H,8,13-16,18H2,1H3,(H2,23,24,25);1H. The van der Waals surface area contributed by atoms with Gasteiger partial charge >= 0.3 is 0 Å². The van der Waals surface area contributed by atoms with E-state index in [4.69, 9.17) is 4.74 Å². The fraction of sp³-hybridized carbons (Fsp3) is 0.318. The summed E-state index contributed by atoms with van der Waals surface area (Å²) in [5.74, 6) is 1.72. The SMILES string of the molecule is CN=C(NCCCOc1ccccc1)NCc1cccc(N2CC=CC2)c1.I. The topological polar surface area (TPSA) is 48.9 Å². The van der Waals surface area contributed by atoms with Crippen LogP contribution in [0, 0.1) is 0 Å². The molecule has 0 aromatic heterocycles. The number of aliphatic imine (C=N–C) groups is 1. The quantitative estimate of drug-likeness (QED) is 0.194. The van der Waals surface area contributed by atoms with Gasteiger partial charge in [-0.05, 0) is 36.2 Å². The minimum Gasteiger partial charge on any atom is -0.494 e. The van der Waals surface area contributed by atoms with Crippen molar-refractivity contribution in [3.63, 3.8) is 0 Å². The second-order valence-electron chi connectivity index (χ2n) is 6.41. The fourth-order valence-electron chi connectivity index (χ4n) is 2.94. The highest BCUT2D eigenvalue weighted by Gasteiger charge is 2.08. The van der Waals surface area contributed by atoms with E-state index in [1.807, 2.05) is 30.3 Å². The highest BCUT2D eigenvalue weighted by atomic mass is 127. The van der Waals surface area contributed by atoms with Crippen molar-refractivity contribution in [1.82, 2.24) is 10.6 Å². The molecule has 28 heavy (non-hydrogen) atoms. The van der Waals surface area contributed by atoms with Gasteiger partial charge in [-0.25, -0.2) is 0 Å². The Morgan fingerprint density at radius 3 is 2.57 bits per heavy atom. The number of hydrogen-bond donors (Lipinski definition) is 2. The van der Waals surface area contributed by atoms with Crippen LogP contribution in [0.25, 0.3) is 0 Å². The molecule has 0 atom stereocenters. The summed E-state index contributed by atoms with van der Waals surface area (Å²) in [4.78, 5) is 6.64. The lowest BCUT2D eigenvalue weighted by Gasteiger charge is -2.19. The van der Waals surface area contributed by atoms with Crippen LogP contribution in [0.15, 0.2) is 71.7 Å². The van der Waals surface area contributed by atoms with Crippen LogP contribution in [-0.4, -0.2) is 39.2 Å². The number of para-hydroxylation sites is 1. The predicted molar refractivity (Wildman–Crippen MR) is 128 cm³/mol. The first kappa shape index (κ1) is 22.1.